The summed E-state index contributed by atoms with van der Waals surface area (Å²) in [6.07, 6.45) is 2.20. The molecule has 3 N–H and O–H groups in total. The molecule has 17 heavy (non-hydrogen) atoms. The minimum atomic E-state index is -1.16. The Hall–Kier alpha value is -0.930. The highest BCUT2D eigenvalue weighted by Crippen LogP contribution is 2.36. The highest BCUT2D eigenvalue weighted by Gasteiger charge is 2.37. The van der Waals surface area contributed by atoms with Crippen LogP contribution in [0.2, 0.25) is 0 Å². The molecule has 0 saturated heterocycles. The molecule has 0 heterocycles. The van der Waals surface area contributed by atoms with Crippen LogP contribution in [0.1, 0.15) is 38.7 Å². The molecule has 0 radical (unpaired) electrons. The van der Waals surface area contributed by atoms with E-state index in [4.69, 9.17) is 5.73 Å². The molecule has 1 aromatic rings. The molecule has 0 saturated carbocycles. The third kappa shape index (κ3) is 2.85. The van der Waals surface area contributed by atoms with Gasteiger partial charge in [-0.1, -0.05) is 38.5 Å². The first-order valence-electron chi connectivity index (χ1n) is 6.27. The Balaban J connectivity index is 3.14. The van der Waals surface area contributed by atoms with E-state index >= 15 is 0 Å². The van der Waals surface area contributed by atoms with Gasteiger partial charge in [0.15, 0.2) is 0 Å². The molecule has 1 rings (SSSR count). The van der Waals surface area contributed by atoms with E-state index in [1.165, 1.54) is 6.07 Å². The molecule has 0 aliphatic heterocycles. The van der Waals surface area contributed by atoms with E-state index in [2.05, 4.69) is 0 Å². The molecule has 3 heteroatoms. The molecule has 0 aromatic heterocycles. The predicted octanol–water partition coefficient (Wildman–Crippen LogP) is 2.80. The van der Waals surface area contributed by atoms with Crippen LogP contribution in [0, 0.1) is 11.7 Å². The smallest absolute Gasteiger partial charge is 0.129 e. The van der Waals surface area contributed by atoms with Gasteiger partial charge in [0.2, 0.25) is 0 Å². The van der Waals surface area contributed by atoms with Crippen LogP contribution < -0.4 is 5.73 Å². The van der Waals surface area contributed by atoms with Crippen LogP contribution >= 0.6 is 0 Å². The molecule has 0 amide bonds. The summed E-state index contributed by atoms with van der Waals surface area (Å²) < 4.78 is 13.8. The first kappa shape index (κ1) is 14.1. The van der Waals surface area contributed by atoms with E-state index in [9.17, 15) is 9.50 Å². The van der Waals surface area contributed by atoms with Gasteiger partial charge in [0.25, 0.3) is 0 Å². The molecule has 0 aliphatic rings. The van der Waals surface area contributed by atoms with Crippen LogP contribution in [0.3, 0.4) is 0 Å². The quantitative estimate of drug-likeness (QED) is 0.802. The van der Waals surface area contributed by atoms with Crippen molar-refractivity contribution in [2.24, 2.45) is 11.7 Å². The Morgan fingerprint density at radius 1 is 1.35 bits per heavy atom. The second kappa shape index (κ2) is 6.12. The van der Waals surface area contributed by atoms with Gasteiger partial charge < -0.3 is 10.8 Å². The second-order valence-electron chi connectivity index (χ2n) is 4.48. The molecule has 96 valence electrons. The van der Waals surface area contributed by atoms with Gasteiger partial charge in [0, 0.05) is 11.5 Å². The summed E-state index contributed by atoms with van der Waals surface area (Å²) in [4.78, 5) is 0. The van der Waals surface area contributed by atoms with Crippen molar-refractivity contribution in [3.05, 3.63) is 35.6 Å². The molecule has 0 aliphatic carbocycles. The highest BCUT2D eigenvalue weighted by atomic mass is 19.1. The standard InChI is InChI=1S/C14H22FNO/c1-3-7-11(10-16)14(17,4-2)12-8-5-6-9-13(12)15/h5-6,8-9,11,17H,3-4,7,10,16H2,1-2H3. The fraction of sp³-hybridized carbons (Fsp3) is 0.571. The van der Waals surface area contributed by atoms with Gasteiger partial charge in [0.1, 0.15) is 5.82 Å². The molecule has 0 bridgehead atoms. The van der Waals surface area contributed by atoms with E-state index < -0.39 is 5.60 Å². The van der Waals surface area contributed by atoms with E-state index in [0.29, 0.717) is 18.5 Å². The number of halogens is 1. The summed E-state index contributed by atoms with van der Waals surface area (Å²) in [6, 6.07) is 6.41. The van der Waals surface area contributed by atoms with E-state index in [1.807, 2.05) is 13.8 Å². The lowest BCUT2D eigenvalue weighted by Crippen LogP contribution is -2.39. The largest absolute Gasteiger partial charge is 0.385 e. The minimum Gasteiger partial charge on any atom is -0.385 e. The number of benzene rings is 1. The molecule has 1 aromatic carbocycles. The molecular weight excluding hydrogens is 217 g/mol. The predicted molar refractivity (Wildman–Crippen MR) is 68.0 cm³/mol. The van der Waals surface area contributed by atoms with Crippen molar-refractivity contribution >= 4 is 0 Å². The van der Waals surface area contributed by atoms with Crippen LogP contribution in [-0.4, -0.2) is 11.7 Å². The SMILES string of the molecule is CCCC(CN)C(O)(CC)c1ccccc1F. The monoisotopic (exact) mass is 239 g/mol. The van der Waals surface area contributed by atoms with Gasteiger partial charge in [-0.25, -0.2) is 4.39 Å². The summed E-state index contributed by atoms with van der Waals surface area (Å²) in [7, 11) is 0. The summed E-state index contributed by atoms with van der Waals surface area (Å²) >= 11 is 0. The van der Waals surface area contributed by atoms with Gasteiger partial charge in [0.05, 0.1) is 5.60 Å². The fourth-order valence-electron chi connectivity index (χ4n) is 2.41. The van der Waals surface area contributed by atoms with Crippen LogP contribution in [0.15, 0.2) is 24.3 Å². The molecule has 2 atom stereocenters. The normalized spacial score (nSPS) is 16.5. The second-order valence-corrected chi connectivity index (χ2v) is 4.48. The van der Waals surface area contributed by atoms with Crippen molar-refractivity contribution < 1.29 is 9.50 Å². The summed E-state index contributed by atoms with van der Waals surface area (Å²) in [5.74, 6) is -0.458. The Morgan fingerprint density at radius 3 is 2.47 bits per heavy atom. The zero-order valence-corrected chi connectivity index (χ0v) is 10.6. The lowest BCUT2D eigenvalue weighted by molar-refractivity contribution is -0.0311. The van der Waals surface area contributed by atoms with E-state index in [1.54, 1.807) is 18.2 Å². The van der Waals surface area contributed by atoms with Gasteiger partial charge in [-0.2, -0.15) is 0 Å². The van der Waals surface area contributed by atoms with Gasteiger partial charge in [-0.3, -0.25) is 0 Å². The molecule has 0 spiro atoms. The zero-order chi connectivity index (χ0) is 12.9. The first-order valence-corrected chi connectivity index (χ1v) is 6.27. The van der Waals surface area contributed by atoms with Crippen molar-refractivity contribution in [3.63, 3.8) is 0 Å². The Morgan fingerprint density at radius 2 is 2.00 bits per heavy atom. The number of hydrogen-bond acceptors (Lipinski definition) is 2. The maximum absolute atomic E-state index is 13.8. The Kier molecular flexibility index (Phi) is 5.09. The first-order chi connectivity index (χ1) is 8.10. The van der Waals surface area contributed by atoms with Crippen LogP contribution in [0.4, 0.5) is 4.39 Å². The average molecular weight is 239 g/mol. The van der Waals surface area contributed by atoms with Gasteiger partial charge >= 0.3 is 0 Å². The van der Waals surface area contributed by atoms with Crippen molar-refractivity contribution in [1.29, 1.82) is 0 Å². The Labute approximate surface area is 103 Å². The third-order valence-electron chi connectivity index (χ3n) is 3.48. The lowest BCUT2D eigenvalue weighted by Gasteiger charge is -2.35. The van der Waals surface area contributed by atoms with Crippen molar-refractivity contribution in [1.82, 2.24) is 0 Å². The molecular formula is C14H22FNO. The van der Waals surface area contributed by atoms with E-state index in [0.717, 1.165) is 12.8 Å². The highest BCUT2D eigenvalue weighted by molar-refractivity contribution is 5.25. The maximum Gasteiger partial charge on any atom is 0.129 e. The van der Waals surface area contributed by atoms with Crippen LogP contribution in [0.25, 0.3) is 0 Å². The number of hydrogen-bond donors (Lipinski definition) is 2. The fourth-order valence-corrected chi connectivity index (χ4v) is 2.41. The van der Waals surface area contributed by atoms with Gasteiger partial charge in [-0.05, 0) is 25.5 Å². The topological polar surface area (TPSA) is 46.2 Å². The number of rotatable bonds is 6. The molecule has 2 unspecified atom stereocenters. The van der Waals surface area contributed by atoms with Gasteiger partial charge in [-0.15, -0.1) is 0 Å². The maximum atomic E-state index is 13.8. The minimum absolute atomic E-state index is 0.102. The van der Waals surface area contributed by atoms with Crippen LogP contribution in [0.5, 0.6) is 0 Å². The average Bonchev–Trinajstić information content (AvgIpc) is 2.35. The third-order valence-corrected chi connectivity index (χ3v) is 3.48. The molecule has 0 fully saturated rings. The van der Waals surface area contributed by atoms with Crippen molar-refractivity contribution in [2.45, 2.75) is 38.7 Å². The summed E-state index contributed by atoms with van der Waals surface area (Å²) in [5, 5.41) is 10.7. The number of aliphatic hydroxyl groups is 1. The number of nitrogens with two attached hydrogens (primary N) is 1. The van der Waals surface area contributed by atoms with Crippen molar-refractivity contribution in [3.8, 4) is 0 Å². The lowest BCUT2D eigenvalue weighted by atomic mass is 9.77. The summed E-state index contributed by atoms with van der Waals surface area (Å²) in [6.45, 7) is 4.28. The zero-order valence-electron chi connectivity index (χ0n) is 10.6. The molecule has 2 nitrogen and oxygen atoms in total. The van der Waals surface area contributed by atoms with E-state index in [-0.39, 0.29) is 11.7 Å². The summed E-state index contributed by atoms with van der Waals surface area (Å²) in [5.41, 5.74) is 4.94. The van der Waals surface area contributed by atoms with Crippen LogP contribution in [-0.2, 0) is 5.60 Å². The Bertz CT molecular complexity index is 356. The van der Waals surface area contributed by atoms with Crippen molar-refractivity contribution in [2.75, 3.05) is 6.54 Å².